The van der Waals surface area contributed by atoms with Crippen LogP contribution >= 0.6 is 0 Å². The molecule has 0 bridgehead atoms. The van der Waals surface area contributed by atoms with Gasteiger partial charge in [0.05, 0.1) is 17.6 Å². The maximum absolute atomic E-state index is 12.4. The Hall–Kier alpha value is -3.04. The number of benzene rings is 1. The lowest BCUT2D eigenvalue weighted by molar-refractivity contribution is 0.578. The van der Waals surface area contributed by atoms with Crippen LogP contribution in [-0.2, 0) is 16.6 Å². The molecule has 4 rings (SSSR count). The standard InChI is InChI=1S/C20H22N6O2S/c1-2-3-9-23-29(27,28)17-6-4-15(5-7-17)18-8-10-21-20-19(18)13-16(24-20)14-26-12-11-22-25-26/h4-8,10-13,23H,2-3,9,14H2,1H3,(H,21,24). The molecule has 0 radical (unpaired) electrons. The first kappa shape index (κ1) is 19.3. The van der Waals surface area contributed by atoms with Gasteiger partial charge in [0.1, 0.15) is 5.65 Å². The minimum atomic E-state index is -3.48. The lowest BCUT2D eigenvalue weighted by Gasteiger charge is -2.08. The number of aromatic amines is 1. The van der Waals surface area contributed by atoms with E-state index in [0.29, 0.717) is 13.1 Å². The van der Waals surface area contributed by atoms with Crippen molar-refractivity contribution in [2.24, 2.45) is 0 Å². The second kappa shape index (κ2) is 8.14. The summed E-state index contributed by atoms with van der Waals surface area (Å²) in [6.45, 7) is 3.04. The highest BCUT2D eigenvalue weighted by Gasteiger charge is 2.14. The van der Waals surface area contributed by atoms with Gasteiger partial charge in [0.15, 0.2) is 0 Å². The molecule has 1 aromatic carbocycles. The lowest BCUT2D eigenvalue weighted by atomic mass is 10.0. The number of aromatic nitrogens is 5. The quantitative estimate of drug-likeness (QED) is 0.435. The number of sulfonamides is 1. The summed E-state index contributed by atoms with van der Waals surface area (Å²) in [5, 5.41) is 8.77. The Balaban J connectivity index is 1.62. The number of nitrogens with one attached hydrogen (secondary N) is 2. The summed E-state index contributed by atoms with van der Waals surface area (Å²) in [6, 6.07) is 10.9. The molecule has 0 aliphatic rings. The van der Waals surface area contributed by atoms with Gasteiger partial charge in [0, 0.05) is 30.0 Å². The monoisotopic (exact) mass is 410 g/mol. The van der Waals surface area contributed by atoms with E-state index < -0.39 is 10.0 Å². The summed E-state index contributed by atoms with van der Waals surface area (Å²) in [5.74, 6) is 0. The molecule has 8 nitrogen and oxygen atoms in total. The number of fused-ring (bicyclic) bond motifs is 1. The normalized spacial score (nSPS) is 11.9. The summed E-state index contributed by atoms with van der Waals surface area (Å²) in [4.78, 5) is 7.98. The van der Waals surface area contributed by atoms with Crippen molar-refractivity contribution in [2.45, 2.75) is 31.2 Å². The first-order chi connectivity index (χ1) is 14.1. The molecule has 2 N–H and O–H groups in total. The van der Waals surface area contributed by atoms with Crippen molar-refractivity contribution in [3.8, 4) is 11.1 Å². The Labute approximate surface area is 169 Å². The fraction of sp³-hybridized carbons (Fsp3) is 0.250. The van der Waals surface area contributed by atoms with Gasteiger partial charge < -0.3 is 4.98 Å². The fourth-order valence-electron chi connectivity index (χ4n) is 3.19. The Morgan fingerprint density at radius 1 is 1.14 bits per heavy atom. The first-order valence-electron chi connectivity index (χ1n) is 9.47. The van der Waals surface area contributed by atoms with Crippen molar-refractivity contribution in [3.05, 3.63) is 60.7 Å². The van der Waals surface area contributed by atoms with Crippen LogP contribution in [0.3, 0.4) is 0 Å². The molecule has 0 amide bonds. The Bertz CT molecular complexity index is 1200. The van der Waals surface area contributed by atoms with Crippen molar-refractivity contribution in [1.82, 2.24) is 29.7 Å². The maximum atomic E-state index is 12.4. The van der Waals surface area contributed by atoms with Gasteiger partial charge in [0.2, 0.25) is 10.0 Å². The highest BCUT2D eigenvalue weighted by atomic mass is 32.2. The van der Waals surface area contributed by atoms with E-state index in [4.69, 9.17) is 0 Å². The number of rotatable bonds is 8. The van der Waals surface area contributed by atoms with Crippen LogP contribution in [-0.4, -0.2) is 39.9 Å². The van der Waals surface area contributed by atoms with Gasteiger partial charge in [-0.25, -0.2) is 22.8 Å². The van der Waals surface area contributed by atoms with E-state index >= 15 is 0 Å². The van der Waals surface area contributed by atoms with E-state index in [-0.39, 0.29) is 4.90 Å². The van der Waals surface area contributed by atoms with Crippen LogP contribution in [0.1, 0.15) is 25.5 Å². The number of H-pyrrole nitrogens is 1. The van der Waals surface area contributed by atoms with E-state index in [2.05, 4.69) is 25.0 Å². The Kier molecular flexibility index (Phi) is 5.41. The Morgan fingerprint density at radius 2 is 1.97 bits per heavy atom. The zero-order valence-corrected chi connectivity index (χ0v) is 16.9. The van der Waals surface area contributed by atoms with E-state index in [1.165, 1.54) is 0 Å². The van der Waals surface area contributed by atoms with E-state index in [0.717, 1.165) is 40.7 Å². The van der Waals surface area contributed by atoms with Gasteiger partial charge in [-0.2, -0.15) is 0 Å². The summed E-state index contributed by atoms with van der Waals surface area (Å²) in [5.41, 5.74) is 3.65. The molecule has 0 saturated carbocycles. The molecule has 4 aromatic rings. The SMILES string of the molecule is CCCCNS(=O)(=O)c1ccc(-c2ccnc3[nH]c(Cn4ccnn4)cc23)cc1. The van der Waals surface area contributed by atoms with Gasteiger partial charge in [-0.05, 0) is 41.8 Å². The molecule has 0 atom stereocenters. The van der Waals surface area contributed by atoms with Crippen LogP contribution in [0.2, 0.25) is 0 Å². The van der Waals surface area contributed by atoms with Gasteiger partial charge in [-0.3, -0.25) is 0 Å². The van der Waals surface area contributed by atoms with Crippen molar-refractivity contribution >= 4 is 21.1 Å². The molecule has 9 heteroatoms. The lowest BCUT2D eigenvalue weighted by Crippen LogP contribution is -2.24. The van der Waals surface area contributed by atoms with Crippen molar-refractivity contribution in [3.63, 3.8) is 0 Å². The molecule has 0 fully saturated rings. The van der Waals surface area contributed by atoms with Crippen LogP contribution in [0.5, 0.6) is 0 Å². The zero-order valence-electron chi connectivity index (χ0n) is 16.0. The number of pyridine rings is 1. The zero-order chi connectivity index (χ0) is 20.3. The number of hydrogen-bond donors (Lipinski definition) is 2. The predicted octanol–water partition coefficient (Wildman–Crippen LogP) is 2.95. The van der Waals surface area contributed by atoms with Gasteiger partial charge in [-0.1, -0.05) is 30.7 Å². The van der Waals surface area contributed by atoms with Crippen LogP contribution in [0.4, 0.5) is 0 Å². The smallest absolute Gasteiger partial charge is 0.240 e. The van der Waals surface area contributed by atoms with Gasteiger partial charge in [-0.15, -0.1) is 5.10 Å². The molecule has 3 aromatic heterocycles. The number of hydrogen-bond acceptors (Lipinski definition) is 5. The second-order valence-corrected chi connectivity index (χ2v) is 8.56. The predicted molar refractivity (Wildman–Crippen MR) is 111 cm³/mol. The summed E-state index contributed by atoms with van der Waals surface area (Å²) < 4.78 is 29.1. The van der Waals surface area contributed by atoms with E-state index in [1.807, 2.05) is 31.2 Å². The topological polar surface area (TPSA) is 106 Å². The molecule has 0 aliphatic heterocycles. The molecular weight excluding hydrogens is 388 g/mol. The van der Waals surface area contributed by atoms with E-state index in [1.54, 1.807) is 35.4 Å². The van der Waals surface area contributed by atoms with Gasteiger partial charge in [0.25, 0.3) is 0 Å². The van der Waals surface area contributed by atoms with Crippen LogP contribution in [0.15, 0.2) is 59.9 Å². The molecule has 0 aliphatic carbocycles. The van der Waals surface area contributed by atoms with E-state index in [9.17, 15) is 8.42 Å². The maximum Gasteiger partial charge on any atom is 0.240 e. The summed E-state index contributed by atoms with van der Waals surface area (Å²) in [7, 11) is -3.48. The third-order valence-electron chi connectivity index (χ3n) is 4.69. The molecule has 0 spiro atoms. The minimum absolute atomic E-state index is 0.267. The first-order valence-corrected chi connectivity index (χ1v) is 11.0. The largest absolute Gasteiger partial charge is 0.342 e. The molecule has 0 saturated heterocycles. The van der Waals surface area contributed by atoms with Crippen LogP contribution < -0.4 is 4.72 Å². The Morgan fingerprint density at radius 3 is 2.69 bits per heavy atom. The van der Waals surface area contributed by atoms with Crippen LogP contribution in [0, 0.1) is 0 Å². The summed E-state index contributed by atoms with van der Waals surface area (Å²) in [6.07, 6.45) is 6.93. The van der Waals surface area contributed by atoms with Crippen molar-refractivity contribution in [2.75, 3.05) is 6.54 Å². The second-order valence-electron chi connectivity index (χ2n) is 6.79. The molecule has 0 unspecified atom stereocenters. The highest BCUT2D eigenvalue weighted by Crippen LogP contribution is 2.29. The average molecular weight is 411 g/mol. The third-order valence-corrected chi connectivity index (χ3v) is 6.17. The number of nitrogens with zero attached hydrogens (tertiary/aromatic N) is 4. The third kappa shape index (κ3) is 4.20. The van der Waals surface area contributed by atoms with Crippen molar-refractivity contribution in [1.29, 1.82) is 0 Å². The molecule has 29 heavy (non-hydrogen) atoms. The van der Waals surface area contributed by atoms with Gasteiger partial charge >= 0.3 is 0 Å². The molecular formula is C20H22N6O2S. The average Bonchev–Trinajstić information content (AvgIpc) is 3.37. The fourth-order valence-corrected chi connectivity index (χ4v) is 4.26. The van der Waals surface area contributed by atoms with Crippen LogP contribution in [0.25, 0.3) is 22.2 Å². The minimum Gasteiger partial charge on any atom is -0.342 e. The van der Waals surface area contributed by atoms with Crippen molar-refractivity contribution < 1.29 is 8.42 Å². The molecule has 150 valence electrons. The number of unbranched alkanes of at least 4 members (excludes halogenated alkanes) is 1. The highest BCUT2D eigenvalue weighted by molar-refractivity contribution is 7.89. The summed E-state index contributed by atoms with van der Waals surface area (Å²) >= 11 is 0. The molecule has 3 heterocycles.